The van der Waals surface area contributed by atoms with Crippen LogP contribution in [-0.4, -0.2) is 39.4 Å². The Morgan fingerprint density at radius 3 is 2.67 bits per heavy atom. The van der Waals surface area contributed by atoms with Crippen LogP contribution in [0.3, 0.4) is 0 Å². The van der Waals surface area contributed by atoms with Crippen molar-refractivity contribution in [1.82, 2.24) is 19.9 Å². The third-order valence-electron chi connectivity index (χ3n) is 4.20. The van der Waals surface area contributed by atoms with Gasteiger partial charge in [-0.25, -0.2) is 9.18 Å². The first-order valence-electron chi connectivity index (χ1n) is 8.46. The first-order chi connectivity index (χ1) is 12.9. The molecule has 1 N–H and O–H groups in total. The lowest BCUT2D eigenvalue weighted by molar-refractivity contribution is 0.0790. The van der Waals surface area contributed by atoms with Crippen molar-refractivity contribution in [3.63, 3.8) is 0 Å². The van der Waals surface area contributed by atoms with Crippen LogP contribution in [0.5, 0.6) is 0 Å². The van der Waals surface area contributed by atoms with E-state index in [1.807, 2.05) is 19.1 Å². The number of hydrogen-bond acceptors (Lipinski definition) is 4. The number of aromatic nitrogens is 3. The molecule has 27 heavy (non-hydrogen) atoms. The molecule has 0 aliphatic rings. The molecule has 1 aromatic carbocycles. The summed E-state index contributed by atoms with van der Waals surface area (Å²) in [5.74, 6) is -0.860. The lowest BCUT2D eigenvalue weighted by Gasteiger charge is -2.17. The molecule has 3 rings (SSSR count). The third kappa shape index (κ3) is 4.44. The lowest BCUT2D eigenvalue weighted by Crippen LogP contribution is -2.31. The van der Waals surface area contributed by atoms with Gasteiger partial charge in [0.1, 0.15) is 11.5 Å². The fourth-order valence-corrected chi connectivity index (χ4v) is 2.70. The van der Waals surface area contributed by atoms with Gasteiger partial charge >= 0.3 is 5.69 Å². The van der Waals surface area contributed by atoms with Crippen molar-refractivity contribution < 1.29 is 9.18 Å². The van der Waals surface area contributed by atoms with Crippen molar-refractivity contribution >= 4 is 5.91 Å². The second kappa shape index (κ2) is 7.90. The topological polar surface area (TPSA) is 79.0 Å². The summed E-state index contributed by atoms with van der Waals surface area (Å²) >= 11 is 0. The van der Waals surface area contributed by atoms with Crippen molar-refractivity contribution in [2.24, 2.45) is 0 Å². The molecule has 3 aromatic rings. The van der Waals surface area contributed by atoms with Gasteiger partial charge in [-0.1, -0.05) is 11.6 Å². The van der Waals surface area contributed by atoms with Gasteiger partial charge in [-0.05, 0) is 49.2 Å². The maximum absolute atomic E-state index is 14.1. The molecule has 1 amide bonds. The summed E-state index contributed by atoms with van der Waals surface area (Å²) in [6, 6.07) is 9.71. The number of H-pyrrole nitrogens is 1. The van der Waals surface area contributed by atoms with Crippen LogP contribution < -0.4 is 5.69 Å². The van der Waals surface area contributed by atoms with Crippen LogP contribution in [0.1, 0.15) is 21.6 Å². The van der Waals surface area contributed by atoms with Crippen molar-refractivity contribution in [1.29, 1.82) is 0 Å². The van der Waals surface area contributed by atoms with Gasteiger partial charge in [-0.15, -0.1) is 0 Å². The number of carbonyl (C=O) groups excluding carboxylic acids is 1. The van der Waals surface area contributed by atoms with E-state index in [4.69, 9.17) is 0 Å². The van der Waals surface area contributed by atoms with Crippen LogP contribution >= 0.6 is 0 Å². The fraction of sp³-hybridized carbons (Fsp3) is 0.200. The molecule has 2 aromatic heterocycles. The number of nitrogens with one attached hydrogen (secondary N) is 1. The second-order valence-corrected chi connectivity index (χ2v) is 6.30. The smallest absolute Gasteiger partial charge is 0.340 e. The number of aromatic amines is 1. The summed E-state index contributed by atoms with van der Waals surface area (Å²) in [5, 5.41) is 0. The molecular weight excluding hydrogens is 347 g/mol. The number of halogens is 1. The Hall–Kier alpha value is -3.35. The summed E-state index contributed by atoms with van der Waals surface area (Å²) in [7, 11) is 1.65. The predicted molar refractivity (Wildman–Crippen MR) is 99.9 cm³/mol. The maximum Gasteiger partial charge on any atom is 0.346 e. The van der Waals surface area contributed by atoms with E-state index in [9.17, 15) is 14.0 Å². The van der Waals surface area contributed by atoms with E-state index in [0.29, 0.717) is 13.0 Å². The maximum atomic E-state index is 14.1. The zero-order valence-electron chi connectivity index (χ0n) is 15.1. The Labute approximate surface area is 155 Å². The highest BCUT2D eigenvalue weighted by molar-refractivity contribution is 5.93. The van der Waals surface area contributed by atoms with Crippen molar-refractivity contribution in [3.8, 4) is 11.3 Å². The Bertz CT molecular complexity index is 1020. The van der Waals surface area contributed by atoms with Crippen LogP contribution in [0.2, 0.25) is 0 Å². The first kappa shape index (κ1) is 18.4. The highest BCUT2D eigenvalue weighted by Gasteiger charge is 2.16. The average molecular weight is 366 g/mol. The summed E-state index contributed by atoms with van der Waals surface area (Å²) in [5.41, 5.74) is 1.58. The monoisotopic (exact) mass is 366 g/mol. The van der Waals surface area contributed by atoms with Crippen LogP contribution in [-0.2, 0) is 6.42 Å². The minimum Gasteiger partial charge on any atom is -0.340 e. The van der Waals surface area contributed by atoms with E-state index >= 15 is 0 Å². The average Bonchev–Trinajstić information content (AvgIpc) is 2.67. The standard InChI is InChI=1S/C20H19FN4O2/c1-13-3-4-16(21)15(11-13)17-12-18(24-20(27)23-17)19(26)25(2)10-7-14-5-8-22-9-6-14/h3-6,8-9,11-12H,7,10H2,1-2H3,(H,23,24,27). The molecular formula is C20H19FN4O2. The van der Waals surface area contributed by atoms with E-state index in [-0.39, 0.29) is 22.9 Å². The number of nitrogens with zero attached hydrogens (tertiary/aromatic N) is 3. The van der Waals surface area contributed by atoms with Gasteiger partial charge in [0.15, 0.2) is 0 Å². The Kier molecular flexibility index (Phi) is 5.40. The SMILES string of the molecule is Cc1ccc(F)c(-c2cc(C(=O)N(C)CCc3ccncc3)[nH]c(=O)n2)c1. The summed E-state index contributed by atoms with van der Waals surface area (Å²) < 4.78 is 14.1. The number of amides is 1. The van der Waals surface area contributed by atoms with Gasteiger partial charge in [-0.3, -0.25) is 9.78 Å². The van der Waals surface area contributed by atoms with E-state index in [1.165, 1.54) is 17.0 Å². The minimum absolute atomic E-state index is 0.0723. The number of rotatable bonds is 5. The number of carbonyl (C=O) groups is 1. The summed E-state index contributed by atoms with van der Waals surface area (Å²) in [4.78, 5) is 36.3. The molecule has 2 heterocycles. The lowest BCUT2D eigenvalue weighted by atomic mass is 10.1. The second-order valence-electron chi connectivity index (χ2n) is 6.30. The van der Waals surface area contributed by atoms with Gasteiger partial charge in [0.2, 0.25) is 0 Å². The molecule has 7 heteroatoms. The molecule has 0 spiro atoms. The number of pyridine rings is 1. The number of aryl methyl sites for hydroxylation is 1. The Morgan fingerprint density at radius 1 is 1.19 bits per heavy atom. The van der Waals surface area contributed by atoms with Crippen LogP contribution in [0.15, 0.2) is 53.6 Å². The van der Waals surface area contributed by atoms with E-state index in [0.717, 1.165) is 11.1 Å². The Morgan fingerprint density at radius 2 is 1.93 bits per heavy atom. The fourth-order valence-electron chi connectivity index (χ4n) is 2.70. The predicted octanol–water partition coefficient (Wildman–Crippen LogP) is 2.59. The van der Waals surface area contributed by atoms with Gasteiger partial charge in [0.05, 0.1) is 5.69 Å². The molecule has 0 aliphatic heterocycles. The van der Waals surface area contributed by atoms with Gasteiger partial charge in [0.25, 0.3) is 5.91 Å². The van der Waals surface area contributed by atoms with Crippen molar-refractivity contribution in [2.75, 3.05) is 13.6 Å². The summed E-state index contributed by atoms with van der Waals surface area (Å²) in [6.07, 6.45) is 4.04. The van der Waals surface area contributed by atoms with Crippen molar-refractivity contribution in [3.05, 3.63) is 81.9 Å². The highest BCUT2D eigenvalue weighted by atomic mass is 19.1. The molecule has 0 saturated carbocycles. The van der Waals surface area contributed by atoms with Crippen LogP contribution in [0, 0.1) is 12.7 Å². The van der Waals surface area contributed by atoms with Crippen molar-refractivity contribution in [2.45, 2.75) is 13.3 Å². The molecule has 0 atom stereocenters. The van der Waals surface area contributed by atoms with E-state index < -0.39 is 11.5 Å². The molecule has 0 saturated heterocycles. The molecule has 0 radical (unpaired) electrons. The number of benzene rings is 1. The number of hydrogen-bond donors (Lipinski definition) is 1. The van der Waals surface area contributed by atoms with E-state index in [2.05, 4.69) is 15.0 Å². The molecule has 138 valence electrons. The third-order valence-corrected chi connectivity index (χ3v) is 4.20. The molecule has 0 fully saturated rings. The normalized spacial score (nSPS) is 10.6. The van der Waals surface area contributed by atoms with Gasteiger partial charge in [-0.2, -0.15) is 4.98 Å². The van der Waals surface area contributed by atoms with Gasteiger partial charge in [0, 0.05) is 31.5 Å². The Balaban J connectivity index is 1.83. The molecule has 0 bridgehead atoms. The largest absolute Gasteiger partial charge is 0.346 e. The van der Waals surface area contributed by atoms with Crippen LogP contribution in [0.4, 0.5) is 4.39 Å². The molecule has 0 unspecified atom stereocenters. The minimum atomic E-state index is -0.695. The van der Waals surface area contributed by atoms with Gasteiger partial charge < -0.3 is 9.88 Å². The van der Waals surface area contributed by atoms with Crippen LogP contribution in [0.25, 0.3) is 11.3 Å². The zero-order valence-corrected chi connectivity index (χ0v) is 15.1. The highest BCUT2D eigenvalue weighted by Crippen LogP contribution is 2.21. The summed E-state index contributed by atoms with van der Waals surface area (Å²) in [6.45, 7) is 2.27. The quantitative estimate of drug-likeness (QED) is 0.753. The first-order valence-corrected chi connectivity index (χ1v) is 8.46. The zero-order chi connectivity index (χ0) is 19.4. The molecule has 6 nitrogen and oxygen atoms in total. The van der Waals surface area contributed by atoms with E-state index in [1.54, 1.807) is 31.6 Å². The number of likely N-dealkylation sites (N-methyl/N-ethyl adjacent to an activating group) is 1. The molecule has 0 aliphatic carbocycles.